The second kappa shape index (κ2) is 6.90. The summed E-state index contributed by atoms with van der Waals surface area (Å²) in [6.45, 7) is 4.51. The number of aromatic nitrogens is 3. The van der Waals surface area contributed by atoms with Crippen LogP contribution in [-0.2, 0) is 0 Å². The summed E-state index contributed by atoms with van der Waals surface area (Å²) in [5.74, 6) is 1.25. The van der Waals surface area contributed by atoms with E-state index < -0.39 is 0 Å². The normalized spacial score (nSPS) is 16.7. The van der Waals surface area contributed by atoms with Crippen molar-refractivity contribution in [3.8, 4) is 17.1 Å². The van der Waals surface area contributed by atoms with Crippen LogP contribution in [0.5, 0.6) is 5.75 Å². The van der Waals surface area contributed by atoms with Crippen LogP contribution in [0.4, 0.5) is 0 Å². The van der Waals surface area contributed by atoms with Crippen LogP contribution >= 0.6 is 0 Å². The lowest BCUT2D eigenvalue weighted by atomic mass is 10.0. The molecule has 0 saturated carbocycles. The molecule has 7 nitrogen and oxygen atoms in total. The SMILES string of the molecule is COc1c(C)cccc1C(=O)N1CCC[C@H]1c1[nH]ncc1-c1cc(C)no1. The minimum Gasteiger partial charge on any atom is -0.496 e. The van der Waals surface area contributed by atoms with E-state index in [1.807, 2.05) is 43.0 Å². The number of aryl methyl sites for hydroxylation is 2. The number of methoxy groups -OCH3 is 1. The number of nitrogens with zero attached hydrogens (tertiary/aromatic N) is 3. The summed E-state index contributed by atoms with van der Waals surface area (Å²) in [6, 6.07) is 7.42. The summed E-state index contributed by atoms with van der Waals surface area (Å²) in [5, 5.41) is 11.2. The topological polar surface area (TPSA) is 84.2 Å². The molecule has 1 aliphatic heterocycles. The van der Waals surface area contributed by atoms with Gasteiger partial charge < -0.3 is 14.2 Å². The number of carbonyl (C=O) groups is 1. The van der Waals surface area contributed by atoms with Gasteiger partial charge in [0.1, 0.15) is 5.75 Å². The van der Waals surface area contributed by atoms with E-state index in [4.69, 9.17) is 9.26 Å². The Morgan fingerprint density at radius 3 is 2.96 bits per heavy atom. The standard InChI is InChI=1S/C20H22N4O3/c1-12-6-4-7-14(19(12)26-3)20(25)24-9-5-8-16(24)18-15(11-21-22-18)17-10-13(2)23-27-17/h4,6-7,10-11,16H,5,8-9H2,1-3H3,(H,21,22)/t16-/m0/s1. The molecular formula is C20H22N4O3. The summed E-state index contributed by atoms with van der Waals surface area (Å²) < 4.78 is 10.9. The first-order chi connectivity index (χ1) is 13.1. The van der Waals surface area contributed by atoms with Gasteiger partial charge in [0.2, 0.25) is 0 Å². The van der Waals surface area contributed by atoms with Gasteiger partial charge in [-0.15, -0.1) is 0 Å². The van der Waals surface area contributed by atoms with Gasteiger partial charge in [0.05, 0.1) is 41.9 Å². The first-order valence-electron chi connectivity index (χ1n) is 9.01. The highest BCUT2D eigenvalue weighted by Gasteiger charge is 2.35. The van der Waals surface area contributed by atoms with Crippen molar-refractivity contribution < 1.29 is 14.1 Å². The van der Waals surface area contributed by atoms with Gasteiger partial charge >= 0.3 is 0 Å². The quantitative estimate of drug-likeness (QED) is 0.762. The Kier molecular flexibility index (Phi) is 4.43. The fourth-order valence-corrected chi connectivity index (χ4v) is 3.79. The average Bonchev–Trinajstić information content (AvgIpc) is 3.40. The molecule has 0 unspecified atom stereocenters. The number of para-hydroxylation sites is 1. The van der Waals surface area contributed by atoms with Crippen LogP contribution in [0.2, 0.25) is 0 Å². The fourth-order valence-electron chi connectivity index (χ4n) is 3.79. The molecule has 2 aromatic heterocycles. The van der Waals surface area contributed by atoms with Crippen molar-refractivity contribution in [1.29, 1.82) is 0 Å². The molecule has 1 atom stereocenters. The molecule has 1 saturated heterocycles. The van der Waals surface area contributed by atoms with Crippen LogP contribution in [0.1, 0.15) is 46.2 Å². The van der Waals surface area contributed by atoms with Crippen molar-refractivity contribution in [1.82, 2.24) is 20.3 Å². The maximum Gasteiger partial charge on any atom is 0.258 e. The Morgan fingerprint density at radius 1 is 1.37 bits per heavy atom. The van der Waals surface area contributed by atoms with Gasteiger partial charge in [0, 0.05) is 12.6 Å². The summed E-state index contributed by atoms with van der Waals surface area (Å²) in [7, 11) is 1.60. The molecule has 3 aromatic rings. The van der Waals surface area contributed by atoms with E-state index in [0.717, 1.165) is 35.4 Å². The highest BCUT2D eigenvalue weighted by Crippen LogP contribution is 2.38. The van der Waals surface area contributed by atoms with Crippen molar-refractivity contribution in [2.24, 2.45) is 0 Å². The highest BCUT2D eigenvalue weighted by molar-refractivity contribution is 5.97. The lowest BCUT2D eigenvalue weighted by Gasteiger charge is -2.25. The smallest absolute Gasteiger partial charge is 0.258 e. The molecule has 1 fully saturated rings. The average molecular weight is 366 g/mol. The Balaban J connectivity index is 1.69. The molecule has 1 amide bonds. The monoisotopic (exact) mass is 366 g/mol. The number of H-pyrrole nitrogens is 1. The molecule has 3 heterocycles. The van der Waals surface area contributed by atoms with Gasteiger partial charge in [0.15, 0.2) is 5.76 Å². The van der Waals surface area contributed by atoms with Crippen molar-refractivity contribution in [3.63, 3.8) is 0 Å². The number of amides is 1. The number of aromatic amines is 1. The van der Waals surface area contributed by atoms with Crippen LogP contribution in [0, 0.1) is 13.8 Å². The van der Waals surface area contributed by atoms with Crippen molar-refractivity contribution in [2.75, 3.05) is 13.7 Å². The largest absolute Gasteiger partial charge is 0.496 e. The number of likely N-dealkylation sites (tertiary alicyclic amines) is 1. The Hall–Kier alpha value is -3.09. The Labute approximate surface area is 157 Å². The van der Waals surface area contributed by atoms with E-state index in [9.17, 15) is 4.79 Å². The first-order valence-corrected chi connectivity index (χ1v) is 9.01. The number of hydrogen-bond acceptors (Lipinski definition) is 5. The molecule has 0 radical (unpaired) electrons. The third-order valence-electron chi connectivity index (χ3n) is 5.06. The molecule has 4 rings (SSSR count). The minimum absolute atomic E-state index is 0.0349. The molecule has 0 aliphatic carbocycles. The molecule has 1 N–H and O–H groups in total. The molecular weight excluding hydrogens is 344 g/mol. The van der Waals surface area contributed by atoms with Gasteiger partial charge in [-0.1, -0.05) is 17.3 Å². The van der Waals surface area contributed by atoms with Gasteiger partial charge in [-0.05, 0) is 38.3 Å². The number of hydrogen-bond donors (Lipinski definition) is 1. The Bertz CT molecular complexity index is 975. The fraction of sp³-hybridized carbons (Fsp3) is 0.350. The van der Waals surface area contributed by atoms with Gasteiger partial charge in [-0.2, -0.15) is 5.10 Å². The third kappa shape index (κ3) is 2.99. The minimum atomic E-state index is -0.0920. The molecule has 140 valence electrons. The van der Waals surface area contributed by atoms with E-state index in [2.05, 4.69) is 15.4 Å². The first kappa shape index (κ1) is 17.3. The van der Waals surface area contributed by atoms with Gasteiger partial charge in [-0.3, -0.25) is 9.89 Å². The number of benzene rings is 1. The van der Waals surface area contributed by atoms with Crippen LogP contribution < -0.4 is 4.74 Å². The summed E-state index contributed by atoms with van der Waals surface area (Å²) in [5.41, 5.74) is 4.06. The van der Waals surface area contributed by atoms with E-state index in [0.29, 0.717) is 23.6 Å². The van der Waals surface area contributed by atoms with Gasteiger partial charge in [0.25, 0.3) is 5.91 Å². The van der Waals surface area contributed by atoms with Crippen LogP contribution in [-0.4, -0.2) is 39.8 Å². The maximum absolute atomic E-state index is 13.3. The molecule has 27 heavy (non-hydrogen) atoms. The third-order valence-corrected chi connectivity index (χ3v) is 5.06. The molecule has 0 spiro atoms. The number of carbonyl (C=O) groups excluding carboxylic acids is 1. The van der Waals surface area contributed by atoms with Gasteiger partial charge in [-0.25, -0.2) is 0 Å². The molecule has 1 aromatic carbocycles. The van der Waals surface area contributed by atoms with Crippen molar-refractivity contribution >= 4 is 5.91 Å². The van der Waals surface area contributed by atoms with E-state index in [-0.39, 0.29) is 11.9 Å². The lowest BCUT2D eigenvalue weighted by Crippen LogP contribution is -2.31. The van der Waals surface area contributed by atoms with E-state index in [1.54, 1.807) is 13.3 Å². The molecule has 1 aliphatic rings. The second-order valence-corrected chi connectivity index (χ2v) is 6.84. The summed E-state index contributed by atoms with van der Waals surface area (Å²) in [6.07, 6.45) is 3.52. The zero-order chi connectivity index (χ0) is 19.0. The number of ether oxygens (including phenoxy) is 1. The lowest BCUT2D eigenvalue weighted by molar-refractivity contribution is 0.0729. The summed E-state index contributed by atoms with van der Waals surface area (Å²) >= 11 is 0. The van der Waals surface area contributed by atoms with Crippen LogP contribution in [0.3, 0.4) is 0 Å². The zero-order valence-electron chi connectivity index (χ0n) is 15.7. The second-order valence-electron chi connectivity index (χ2n) is 6.84. The van der Waals surface area contributed by atoms with Crippen LogP contribution in [0.25, 0.3) is 11.3 Å². The highest BCUT2D eigenvalue weighted by atomic mass is 16.5. The van der Waals surface area contributed by atoms with E-state index in [1.165, 1.54) is 0 Å². The number of nitrogens with one attached hydrogen (secondary N) is 1. The molecule has 7 heteroatoms. The van der Waals surface area contributed by atoms with Crippen LogP contribution in [0.15, 0.2) is 35.0 Å². The summed E-state index contributed by atoms with van der Waals surface area (Å²) in [4.78, 5) is 15.2. The predicted molar refractivity (Wildman–Crippen MR) is 99.6 cm³/mol. The van der Waals surface area contributed by atoms with Crippen molar-refractivity contribution in [2.45, 2.75) is 32.7 Å². The van der Waals surface area contributed by atoms with E-state index >= 15 is 0 Å². The Morgan fingerprint density at radius 2 is 2.22 bits per heavy atom. The molecule has 0 bridgehead atoms. The maximum atomic E-state index is 13.3. The predicted octanol–water partition coefficient (Wildman–Crippen LogP) is 3.67. The zero-order valence-corrected chi connectivity index (χ0v) is 15.7. The van der Waals surface area contributed by atoms with Crippen molar-refractivity contribution in [3.05, 3.63) is 53.0 Å². The number of rotatable bonds is 4.